The molecule has 11 atom stereocenters. The van der Waals surface area contributed by atoms with Gasteiger partial charge in [-0.3, -0.25) is 4.79 Å². The average Bonchev–Trinajstić information content (AvgIpc) is 3.26. The van der Waals surface area contributed by atoms with Gasteiger partial charge in [0.2, 0.25) is 0 Å². The largest absolute Gasteiger partial charge is 0.489 e. The number of carbonyl (C=O) groups is 1. The number of carbonyl (C=O) groups excluding carboxylic acids is 1. The zero-order chi connectivity index (χ0) is 40.3. The quantitative estimate of drug-likeness (QED) is 0.111. The predicted molar refractivity (Wildman–Crippen MR) is 208 cm³/mol. The van der Waals surface area contributed by atoms with Gasteiger partial charge >= 0.3 is 5.97 Å². The van der Waals surface area contributed by atoms with E-state index in [1.165, 1.54) is 7.11 Å². The topological polar surface area (TPSA) is 150 Å². The maximum absolute atomic E-state index is 13.9. The third-order valence-electron chi connectivity index (χ3n) is 10.2. The van der Waals surface area contributed by atoms with Crippen molar-refractivity contribution in [3.8, 4) is 5.75 Å². The van der Waals surface area contributed by atoms with Crippen LogP contribution in [0, 0.1) is 0 Å². The minimum absolute atomic E-state index is 0.109. The smallest absolute Gasteiger partial charge is 0.310 e. The van der Waals surface area contributed by atoms with Crippen LogP contribution in [0.1, 0.15) is 28.5 Å². The zero-order valence-corrected chi connectivity index (χ0v) is 32.2. The second-order valence-corrected chi connectivity index (χ2v) is 14.2. The summed E-state index contributed by atoms with van der Waals surface area (Å²) < 4.78 is 61.9. The van der Waals surface area contributed by atoms with E-state index in [9.17, 15) is 15.0 Å². The highest BCUT2D eigenvalue weighted by molar-refractivity contribution is 5.74. The molecule has 13 heteroatoms. The molecule has 3 heterocycles. The van der Waals surface area contributed by atoms with E-state index in [0.717, 1.165) is 16.7 Å². The van der Waals surface area contributed by atoms with E-state index in [1.54, 1.807) is 18.2 Å². The number of hydrogen-bond donors (Lipinski definition) is 2. The molecular formula is C45H50O13. The minimum atomic E-state index is -1.44. The molecule has 0 aliphatic carbocycles. The first-order valence-electron chi connectivity index (χ1n) is 19.4. The summed E-state index contributed by atoms with van der Waals surface area (Å²) in [5.74, 6) is -0.0827. The maximum atomic E-state index is 13.9. The van der Waals surface area contributed by atoms with Gasteiger partial charge < -0.3 is 57.6 Å². The number of hydrogen-bond acceptors (Lipinski definition) is 13. The Kier molecular flexibility index (Phi) is 14.7. The molecule has 0 amide bonds. The predicted octanol–water partition coefficient (Wildman–Crippen LogP) is 4.83. The van der Waals surface area contributed by atoms with Gasteiger partial charge in [-0.25, -0.2) is 0 Å². The van der Waals surface area contributed by atoms with Crippen molar-refractivity contribution in [1.29, 1.82) is 0 Å². The second kappa shape index (κ2) is 20.5. The maximum Gasteiger partial charge on any atom is 0.310 e. The Balaban J connectivity index is 1.13. The number of rotatable bonds is 17. The fraction of sp³-hybridized carbons (Fsp3) is 0.400. The molecule has 7 rings (SSSR count). The van der Waals surface area contributed by atoms with Crippen LogP contribution >= 0.6 is 0 Å². The number of methoxy groups -OCH3 is 1. The van der Waals surface area contributed by atoms with Crippen LogP contribution in [0.2, 0.25) is 0 Å². The van der Waals surface area contributed by atoms with Crippen molar-refractivity contribution in [2.24, 2.45) is 0 Å². The summed E-state index contributed by atoms with van der Waals surface area (Å²) in [7, 11) is 1.42. The molecule has 13 nitrogen and oxygen atoms in total. The lowest BCUT2D eigenvalue weighted by atomic mass is 9.96. The molecule has 308 valence electrons. The van der Waals surface area contributed by atoms with E-state index in [2.05, 4.69) is 6.58 Å². The van der Waals surface area contributed by atoms with Crippen LogP contribution in [0.4, 0.5) is 0 Å². The Bertz CT molecular complexity index is 1860. The van der Waals surface area contributed by atoms with Crippen molar-refractivity contribution in [3.05, 3.63) is 150 Å². The van der Waals surface area contributed by atoms with Crippen LogP contribution in [-0.2, 0) is 67.1 Å². The van der Waals surface area contributed by atoms with Gasteiger partial charge in [-0.2, -0.15) is 0 Å². The van der Waals surface area contributed by atoms with Crippen LogP contribution in [0.3, 0.4) is 0 Å². The van der Waals surface area contributed by atoms with Crippen molar-refractivity contribution in [3.63, 3.8) is 0 Å². The van der Waals surface area contributed by atoms with E-state index < -0.39 is 73.7 Å². The Hall–Kier alpha value is -4.51. The molecule has 4 aromatic rings. The van der Waals surface area contributed by atoms with Gasteiger partial charge in [0.05, 0.1) is 32.8 Å². The molecule has 4 aromatic carbocycles. The van der Waals surface area contributed by atoms with E-state index >= 15 is 0 Å². The monoisotopic (exact) mass is 798 g/mol. The van der Waals surface area contributed by atoms with Gasteiger partial charge in [-0.1, -0.05) is 122 Å². The molecule has 0 bridgehead atoms. The highest BCUT2D eigenvalue weighted by Crippen LogP contribution is 2.38. The fourth-order valence-corrected chi connectivity index (χ4v) is 7.20. The van der Waals surface area contributed by atoms with Crippen LogP contribution in [0.25, 0.3) is 0 Å². The van der Waals surface area contributed by atoms with Gasteiger partial charge in [0.15, 0.2) is 25.0 Å². The van der Waals surface area contributed by atoms with Gasteiger partial charge in [0, 0.05) is 18.2 Å². The molecular weight excluding hydrogens is 748 g/mol. The number of para-hydroxylation sites is 1. The molecule has 0 saturated carbocycles. The summed E-state index contributed by atoms with van der Waals surface area (Å²) in [5.41, 5.74) is 3.17. The Labute approximate surface area is 337 Å². The third kappa shape index (κ3) is 10.4. The summed E-state index contributed by atoms with van der Waals surface area (Å²) in [6, 6.07) is 35.7. The van der Waals surface area contributed by atoms with Crippen LogP contribution in [-0.4, -0.2) is 105 Å². The summed E-state index contributed by atoms with van der Waals surface area (Å²) in [5, 5.41) is 22.5. The summed E-state index contributed by atoms with van der Waals surface area (Å²) in [6.45, 7) is 4.11. The Morgan fingerprint density at radius 3 is 2.05 bits per heavy atom. The van der Waals surface area contributed by atoms with Crippen LogP contribution in [0.5, 0.6) is 5.75 Å². The third-order valence-corrected chi connectivity index (χ3v) is 10.2. The second-order valence-electron chi connectivity index (χ2n) is 14.2. The first-order valence-corrected chi connectivity index (χ1v) is 19.4. The van der Waals surface area contributed by atoms with Gasteiger partial charge in [-0.05, 0) is 17.2 Å². The lowest BCUT2D eigenvalue weighted by molar-refractivity contribution is -0.373. The Morgan fingerprint density at radius 2 is 1.38 bits per heavy atom. The molecule has 2 N–H and O–H groups in total. The molecule has 3 aliphatic rings. The summed E-state index contributed by atoms with van der Waals surface area (Å²) in [4.78, 5) is 13.9. The number of fused-ring (bicyclic) bond motifs is 1. The van der Waals surface area contributed by atoms with Crippen molar-refractivity contribution < 1.29 is 62.4 Å². The van der Waals surface area contributed by atoms with Crippen molar-refractivity contribution in [2.45, 2.75) is 87.3 Å². The summed E-state index contributed by atoms with van der Waals surface area (Å²) >= 11 is 0. The van der Waals surface area contributed by atoms with Crippen LogP contribution in [0.15, 0.2) is 128 Å². The molecule has 0 unspecified atom stereocenters. The molecule has 58 heavy (non-hydrogen) atoms. The van der Waals surface area contributed by atoms with Gasteiger partial charge in [0.1, 0.15) is 55.1 Å². The minimum Gasteiger partial charge on any atom is -0.489 e. The average molecular weight is 799 g/mol. The zero-order valence-electron chi connectivity index (χ0n) is 32.2. The number of aliphatic hydroxyl groups is 2. The Morgan fingerprint density at radius 1 is 0.741 bits per heavy atom. The summed E-state index contributed by atoms with van der Waals surface area (Å²) in [6.07, 6.45) is -10.0. The molecule has 0 radical (unpaired) electrons. The number of benzene rings is 4. The van der Waals surface area contributed by atoms with Gasteiger partial charge in [0.25, 0.3) is 0 Å². The normalized spacial score (nSPS) is 29.5. The van der Waals surface area contributed by atoms with E-state index in [1.807, 2.05) is 103 Å². The molecule has 0 aromatic heterocycles. The first kappa shape index (κ1) is 41.6. The van der Waals surface area contributed by atoms with Crippen molar-refractivity contribution in [2.75, 3.05) is 26.9 Å². The number of aliphatic hydroxyl groups excluding tert-OH is 2. The SMILES string of the molecule is C=CCOc1ccccc1CC(=O)O[C@H]1[C@H](OC[C@H]2O[C@H](OC)[C@H](OCc3ccccc3)[C@@H](O)[C@@H]2O)O[C@@H]2CO[C@H](c3ccccc3)O[C@@H]2[C@@H]1OCc1ccccc1. The molecule has 3 fully saturated rings. The standard InChI is InChI=1S/C45H50O13/c1-3-23-50-33-22-14-13-21-32(33)24-36(46)57-42-41(52-26-30-17-9-5-10-18-30)39-35(28-53-43(58-39)31-19-11-6-12-20-31)56-45(42)54-27-34-37(47)38(48)40(44(49-2)55-34)51-25-29-15-7-4-8-16-29/h3-22,34-35,37-45,47-48H,1,23-28H2,2H3/t34-,35-,37-,38+,39+,40-,41+,42-,43+,44+,45-/m1/s1. The highest BCUT2D eigenvalue weighted by Gasteiger charge is 2.54. The van der Waals surface area contributed by atoms with Gasteiger partial charge in [-0.15, -0.1) is 0 Å². The van der Waals surface area contributed by atoms with Crippen LogP contribution < -0.4 is 4.74 Å². The van der Waals surface area contributed by atoms with E-state index in [0.29, 0.717) is 11.3 Å². The molecule has 0 spiro atoms. The highest BCUT2D eigenvalue weighted by atomic mass is 16.8. The first-order chi connectivity index (χ1) is 28.4. The van der Waals surface area contributed by atoms with E-state index in [-0.39, 0.29) is 39.5 Å². The fourth-order valence-electron chi connectivity index (χ4n) is 7.20. The lowest BCUT2D eigenvalue weighted by Crippen LogP contribution is -2.65. The lowest BCUT2D eigenvalue weighted by Gasteiger charge is -2.49. The number of ether oxygens (including phenoxy) is 10. The molecule has 3 saturated heterocycles. The van der Waals surface area contributed by atoms with E-state index in [4.69, 9.17) is 47.4 Å². The van der Waals surface area contributed by atoms with Crippen molar-refractivity contribution in [1.82, 2.24) is 0 Å². The number of esters is 1. The molecule has 3 aliphatic heterocycles. The van der Waals surface area contributed by atoms with Crippen molar-refractivity contribution >= 4 is 5.97 Å².